The fourth-order valence-electron chi connectivity index (χ4n) is 1.46. The summed E-state index contributed by atoms with van der Waals surface area (Å²) in [6.45, 7) is 0.799. The van der Waals surface area contributed by atoms with Crippen LogP contribution in [0.25, 0.3) is 0 Å². The zero-order chi connectivity index (χ0) is 12.8. The van der Waals surface area contributed by atoms with Gasteiger partial charge in [-0.25, -0.2) is 9.37 Å². The van der Waals surface area contributed by atoms with Gasteiger partial charge in [0.2, 0.25) is 5.88 Å². The highest BCUT2D eigenvalue weighted by atomic mass is 19.1. The lowest BCUT2D eigenvalue weighted by Crippen LogP contribution is -2.07. The van der Waals surface area contributed by atoms with Crippen molar-refractivity contribution in [1.29, 1.82) is 0 Å². The van der Waals surface area contributed by atoms with Crippen LogP contribution < -0.4 is 10.1 Å². The number of nitrogens with zero attached hydrogens (tertiary/aromatic N) is 2. The molecule has 0 radical (unpaired) electrons. The van der Waals surface area contributed by atoms with Gasteiger partial charge in [-0.1, -0.05) is 18.2 Å². The van der Waals surface area contributed by atoms with Gasteiger partial charge in [-0.2, -0.15) is 0 Å². The Morgan fingerprint density at radius 1 is 1.22 bits per heavy atom. The molecule has 2 rings (SSSR count). The van der Waals surface area contributed by atoms with E-state index in [4.69, 9.17) is 4.74 Å². The molecule has 0 aliphatic rings. The summed E-state index contributed by atoms with van der Waals surface area (Å²) in [5, 5.41) is 2.98. The summed E-state index contributed by atoms with van der Waals surface area (Å²) in [5.41, 5.74) is 1.33. The Balaban J connectivity index is 1.96. The van der Waals surface area contributed by atoms with Crippen molar-refractivity contribution in [2.75, 3.05) is 7.05 Å². The number of rotatable bonds is 5. The average molecular weight is 247 g/mol. The van der Waals surface area contributed by atoms with Crippen LogP contribution in [0.3, 0.4) is 0 Å². The van der Waals surface area contributed by atoms with Gasteiger partial charge in [0.15, 0.2) is 0 Å². The molecule has 0 bridgehead atoms. The lowest BCUT2D eigenvalue weighted by molar-refractivity contribution is 0.286. The molecule has 0 aliphatic carbocycles. The van der Waals surface area contributed by atoms with E-state index >= 15 is 0 Å². The maximum Gasteiger partial charge on any atom is 0.232 e. The minimum absolute atomic E-state index is 0.146. The van der Waals surface area contributed by atoms with E-state index in [1.165, 1.54) is 12.3 Å². The van der Waals surface area contributed by atoms with E-state index in [1.54, 1.807) is 24.4 Å². The van der Waals surface area contributed by atoms with Crippen LogP contribution in [0.1, 0.15) is 11.3 Å². The monoisotopic (exact) mass is 247 g/mol. The van der Waals surface area contributed by atoms with Crippen molar-refractivity contribution < 1.29 is 9.13 Å². The van der Waals surface area contributed by atoms with Gasteiger partial charge in [-0.05, 0) is 13.1 Å². The van der Waals surface area contributed by atoms with Crippen LogP contribution >= 0.6 is 0 Å². The summed E-state index contributed by atoms with van der Waals surface area (Å²) in [6, 6.07) is 6.49. The molecule has 0 atom stereocenters. The SMILES string of the molecule is CNCc1cnc(OCc2ccccc2F)cn1. The highest BCUT2D eigenvalue weighted by Gasteiger charge is 2.03. The molecule has 0 spiro atoms. The third-order valence-electron chi connectivity index (χ3n) is 2.37. The van der Waals surface area contributed by atoms with Crippen LogP contribution in [0.15, 0.2) is 36.7 Å². The first-order valence-electron chi connectivity index (χ1n) is 5.61. The Morgan fingerprint density at radius 3 is 2.72 bits per heavy atom. The summed E-state index contributed by atoms with van der Waals surface area (Å²) < 4.78 is 18.7. The second-order valence-corrected chi connectivity index (χ2v) is 3.76. The topological polar surface area (TPSA) is 47.0 Å². The number of aromatic nitrogens is 2. The highest BCUT2D eigenvalue weighted by molar-refractivity contribution is 5.17. The van der Waals surface area contributed by atoms with Crippen molar-refractivity contribution in [3.63, 3.8) is 0 Å². The molecule has 1 heterocycles. The molecule has 1 N–H and O–H groups in total. The van der Waals surface area contributed by atoms with Crippen LogP contribution in [0, 0.1) is 5.82 Å². The summed E-state index contributed by atoms with van der Waals surface area (Å²) >= 11 is 0. The van der Waals surface area contributed by atoms with E-state index < -0.39 is 0 Å². The van der Waals surface area contributed by atoms with E-state index in [9.17, 15) is 4.39 Å². The Hall–Kier alpha value is -2.01. The van der Waals surface area contributed by atoms with Crippen LogP contribution in [0.4, 0.5) is 4.39 Å². The van der Waals surface area contributed by atoms with E-state index in [1.807, 2.05) is 7.05 Å². The predicted octanol–water partition coefficient (Wildman–Crippen LogP) is 1.91. The van der Waals surface area contributed by atoms with Gasteiger partial charge in [0.1, 0.15) is 12.4 Å². The minimum Gasteiger partial charge on any atom is -0.472 e. The molecule has 4 nitrogen and oxygen atoms in total. The lowest BCUT2D eigenvalue weighted by Gasteiger charge is -2.06. The minimum atomic E-state index is -0.280. The maximum atomic E-state index is 13.3. The molecule has 0 amide bonds. The molecule has 0 unspecified atom stereocenters. The summed E-state index contributed by atoms with van der Waals surface area (Å²) in [6.07, 6.45) is 3.17. The number of nitrogens with one attached hydrogen (secondary N) is 1. The first-order chi connectivity index (χ1) is 8.79. The normalized spacial score (nSPS) is 10.3. The molecule has 0 saturated carbocycles. The number of benzene rings is 1. The summed E-state index contributed by atoms with van der Waals surface area (Å²) in [4.78, 5) is 8.25. The summed E-state index contributed by atoms with van der Waals surface area (Å²) in [5.74, 6) is 0.107. The molecular weight excluding hydrogens is 233 g/mol. The first-order valence-corrected chi connectivity index (χ1v) is 5.61. The van der Waals surface area contributed by atoms with Crippen LogP contribution in [0.2, 0.25) is 0 Å². The molecule has 0 fully saturated rings. The molecule has 94 valence electrons. The van der Waals surface area contributed by atoms with Crippen molar-refractivity contribution in [2.24, 2.45) is 0 Å². The van der Waals surface area contributed by atoms with Gasteiger partial charge >= 0.3 is 0 Å². The van der Waals surface area contributed by atoms with Crippen molar-refractivity contribution in [3.05, 3.63) is 53.7 Å². The molecule has 0 aliphatic heterocycles. The summed E-state index contributed by atoms with van der Waals surface area (Å²) in [7, 11) is 1.84. The maximum absolute atomic E-state index is 13.3. The van der Waals surface area contributed by atoms with E-state index in [-0.39, 0.29) is 12.4 Å². The second-order valence-electron chi connectivity index (χ2n) is 3.76. The average Bonchev–Trinajstić information content (AvgIpc) is 2.40. The fraction of sp³-hybridized carbons (Fsp3) is 0.231. The standard InChI is InChI=1S/C13H14FN3O/c1-15-6-11-7-17-13(8-16-11)18-9-10-4-2-3-5-12(10)14/h2-5,7-8,15H,6,9H2,1H3. The van der Waals surface area contributed by atoms with Crippen LogP contribution in [-0.4, -0.2) is 17.0 Å². The smallest absolute Gasteiger partial charge is 0.232 e. The number of halogens is 1. The van der Waals surface area contributed by atoms with E-state index in [0.717, 1.165) is 5.69 Å². The number of hydrogen-bond donors (Lipinski definition) is 1. The van der Waals surface area contributed by atoms with Crippen molar-refractivity contribution in [3.8, 4) is 5.88 Å². The molecule has 2 aromatic rings. The highest BCUT2D eigenvalue weighted by Crippen LogP contribution is 2.11. The lowest BCUT2D eigenvalue weighted by atomic mass is 10.2. The van der Waals surface area contributed by atoms with Crippen molar-refractivity contribution in [1.82, 2.24) is 15.3 Å². The van der Waals surface area contributed by atoms with Gasteiger partial charge in [0, 0.05) is 12.1 Å². The fourth-order valence-corrected chi connectivity index (χ4v) is 1.46. The van der Waals surface area contributed by atoms with E-state index in [0.29, 0.717) is 18.0 Å². The third kappa shape index (κ3) is 3.24. The number of hydrogen-bond acceptors (Lipinski definition) is 4. The zero-order valence-electron chi connectivity index (χ0n) is 10.1. The van der Waals surface area contributed by atoms with Crippen LogP contribution in [-0.2, 0) is 13.2 Å². The van der Waals surface area contributed by atoms with Gasteiger partial charge in [-0.15, -0.1) is 0 Å². The van der Waals surface area contributed by atoms with Gasteiger partial charge in [0.25, 0.3) is 0 Å². The Bertz CT molecular complexity index is 502. The van der Waals surface area contributed by atoms with E-state index in [2.05, 4.69) is 15.3 Å². The Morgan fingerprint density at radius 2 is 2.06 bits per heavy atom. The molecule has 18 heavy (non-hydrogen) atoms. The number of ether oxygens (including phenoxy) is 1. The molecule has 0 saturated heterocycles. The second kappa shape index (κ2) is 6.07. The van der Waals surface area contributed by atoms with Crippen molar-refractivity contribution in [2.45, 2.75) is 13.2 Å². The Labute approximate surface area is 105 Å². The van der Waals surface area contributed by atoms with Gasteiger partial charge in [0.05, 0.1) is 18.1 Å². The quantitative estimate of drug-likeness (QED) is 0.876. The predicted molar refractivity (Wildman–Crippen MR) is 65.5 cm³/mol. The first kappa shape index (κ1) is 12.4. The largest absolute Gasteiger partial charge is 0.472 e. The van der Waals surface area contributed by atoms with Crippen molar-refractivity contribution >= 4 is 0 Å². The van der Waals surface area contributed by atoms with Crippen LogP contribution in [0.5, 0.6) is 5.88 Å². The molecular formula is C13H14FN3O. The van der Waals surface area contributed by atoms with Gasteiger partial charge in [-0.3, -0.25) is 4.98 Å². The molecule has 1 aromatic heterocycles. The van der Waals surface area contributed by atoms with Gasteiger partial charge < -0.3 is 10.1 Å². The molecule has 1 aromatic carbocycles. The third-order valence-corrected chi connectivity index (χ3v) is 2.37. The Kier molecular flexibility index (Phi) is 4.20. The zero-order valence-corrected chi connectivity index (χ0v) is 10.1. The molecule has 5 heteroatoms.